The lowest BCUT2D eigenvalue weighted by atomic mass is 10.2. The smallest absolute Gasteiger partial charge is 0.233 e. The van der Waals surface area contributed by atoms with Crippen LogP contribution in [0.25, 0.3) is 17.1 Å². The summed E-state index contributed by atoms with van der Waals surface area (Å²) >= 11 is 1.43. The van der Waals surface area contributed by atoms with Crippen LogP contribution in [0.15, 0.2) is 53.7 Å². The molecule has 1 aromatic heterocycles. The highest BCUT2D eigenvalue weighted by Crippen LogP contribution is 2.29. The Balaban J connectivity index is 1.60. The van der Waals surface area contributed by atoms with Gasteiger partial charge in [-0.05, 0) is 50.4 Å². The molecule has 4 rings (SSSR count). The van der Waals surface area contributed by atoms with Crippen LogP contribution in [0.5, 0.6) is 5.75 Å². The molecule has 1 amide bonds. The number of thioether (sulfide) groups is 1. The van der Waals surface area contributed by atoms with Crippen LogP contribution in [0, 0.1) is 6.92 Å². The molecule has 1 fully saturated rings. The van der Waals surface area contributed by atoms with E-state index in [0.717, 1.165) is 49.0 Å². The van der Waals surface area contributed by atoms with Crippen molar-refractivity contribution in [2.45, 2.75) is 12.1 Å². The second kappa shape index (κ2) is 9.53. The first kappa shape index (κ1) is 21.4. The Labute approximate surface area is 187 Å². The molecular formula is C23H27N5O2S. The van der Waals surface area contributed by atoms with Gasteiger partial charge in [-0.1, -0.05) is 29.5 Å². The summed E-state index contributed by atoms with van der Waals surface area (Å²) in [5.74, 6) is 2.01. The number of methoxy groups -OCH3 is 1. The number of nitrogens with zero attached hydrogens (tertiary/aromatic N) is 5. The molecule has 2 heterocycles. The van der Waals surface area contributed by atoms with E-state index >= 15 is 0 Å². The van der Waals surface area contributed by atoms with Crippen LogP contribution in [0.3, 0.4) is 0 Å². The molecular weight excluding hydrogens is 410 g/mol. The van der Waals surface area contributed by atoms with E-state index < -0.39 is 0 Å². The van der Waals surface area contributed by atoms with Crippen LogP contribution < -0.4 is 4.74 Å². The number of aromatic nitrogens is 3. The highest BCUT2D eigenvalue weighted by atomic mass is 32.2. The van der Waals surface area contributed by atoms with E-state index in [1.807, 2.05) is 33.7 Å². The van der Waals surface area contributed by atoms with Gasteiger partial charge < -0.3 is 14.5 Å². The normalized spacial score (nSPS) is 14.6. The Bertz CT molecular complexity index is 1030. The van der Waals surface area contributed by atoms with Crippen molar-refractivity contribution in [3.8, 4) is 22.8 Å². The van der Waals surface area contributed by atoms with Gasteiger partial charge >= 0.3 is 0 Å². The van der Waals surface area contributed by atoms with Crippen molar-refractivity contribution in [1.82, 2.24) is 24.6 Å². The van der Waals surface area contributed by atoms with E-state index in [0.29, 0.717) is 10.9 Å². The Hall–Kier alpha value is -2.84. The van der Waals surface area contributed by atoms with Gasteiger partial charge in [0.2, 0.25) is 5.91 Å². The third-order valence-electron chi connectivity index (χ3n) is 5.45. The summed E-state index contributed by atoms with van der Waals surface area (Å²) in [6, 6.07) is 16.0. The van der Waals surface area contributed by atoms with Gasteiger partial charge in [0.15, 0.2) is 11.0 Å². The summed E-state index contributed by atoms with van der Waals surface area (Å²) in [5, 5.41) is 9.60. The molecule has 7 nitrogen and oxygen atoms in total. The maximum Gasteiger partial charge on any atom is 0.233 e. The van der Waals surface area contributed by atoms with Gasteiger partial charge in [-0.2, -0.15) is 0 Å². The summed E-state index contributed by atoms with van der Waals surface area (Å²) in [4.78, 5) is 16.9. The van der Waals surface area contributed by atoms with Gasteiger partial charge in [-0.15, -0.1) is 10.2 Å². The standard InChI is InChI=1S/C23H27N5O2S/c1-17-4-8-19(9-5-17)28-22(18-6-10-20(30-3)11-7-18)24-25-23(28)31-16-21(29)27-14-12-26(2)13-15-27/h4-11H,12-16H2,1-3H3. The molecule has 0 N–H and O–H groups in total. The van der Waals surface area contributed by atoms with Crippen LogP contribution in [0.4, 0.5) is 0 Å². The van der Waals surface area contributed by atoms with Crippen LogP contribution in [0.2, 0.25) is 0 Å². The number of aryl methyl sites for hydroxylation is 1. The highest BCUT2D eigenvalue weighted by Gasteiger charge is 2.22. The Kier molecular flexibility index (Phi) is 6.58. The minimum atomic E-state index is 0.141. The zero-order valence-electron chi connectivity index (χ0n) is 18.1. The van der Waals surface area contributed by atoms with Gasteiger partial charge in [0.25, 0.3) is 0 Å². The van der Waals surface area contributed by atoms with Crippen LogP contribution in [-0.4, -0.2) is 76.6 Å². The zero-order valence-corrected chi connectivity index (χ0v) is 18.9. The predicted octanol–water partition coefficient (Wildman–Crippen LogP) is 3.12. The van der Waals surface area contributed by atoms with E-state index in [9.17, 15) is 4.79 Å². The van der Waals surface area contributed by atoms with Crippen LogP contribution >= 0.6 is 11.8 Å². The Morgan fingerprint density at radius 2 is 1.68 bits per heavy atom. The summed E-state index contributed by atoms with van der Waals surface area (Å²) < 4.78 is 7.29. The number of likely N-dealkylation sites (N-methyl/N-ethyl adjacent to an activating group) is 1. The van der Waals surface area contributed by atoms with Crippen LogP contribution in [0.1, 0.15) is 5.56 Å². The van der Waals surface area contributed by atoms with Gasteiger partial charge in [0, 0.05) is 37.4 Å². The Morgan fingerprint density at radius 1 is 1.00 bits per heavy atom. The second-order valence-corrected chi connectivity index (χ2v) is 8.62. The molecule has 3 aromatic rings. The maximum absolute atomic E-state index is 12.7. The molecule has 0 atom stereocenters. The van der Waals surface area contributed by atoms with Crippen molar-refractivity contribution in [2.24, 2.45) is 0 Å². The van der Waals surface area contributed by atoms with E-state index in [1.165, 1.54) is 17.3 Å². The minimum Gasteiger partial charge on any atom is -0.497 e. The second-order valence-electron chi connectivity index (χ2n) is 7.68. The lowest BCUT2D eigenvalue weighted by Crippen LogP contribution is -2.47. The van der Waals surface area contributed by atoms with Crippen molar-refractivity contribution in [3.63, 3.8) is 0 Å². The van der Waals surface area contributed by atoms with Crippen molar-refractivity contribution >= 4 is 17.7 Å². The number of amides is 1. The molecule has 0 aliphatic carbocycles. The first-order valence-corrected chi connectivity index (χ1v) is 11.3. The molecule has 1 aliphatic heterocycles. The summed E-state index contributed by atoms with van der Waals surface area (Å²) in [7, 11) is 3.73. The number of benzene rings is 2. The monoisotopic (exact) mass is 437 g/mol. The molecule has 1 saturated heterocycles. The van der Waals surface area contributed by atoms with Gasteiger partial charge in [0.1, 0.15) is 5.75 Å². The fourth-order valence-electron chi connectivity index (χ4n) is 3.49. The van der Waals surface area contributed by atoms with Gasteiger partial charge in [0.05, 0.1) is 12.9 Å². The lowest BCUT2D eigenvalue weighted by molar-refractivity contribution is -0.129. The molecule has 31 heavy (non-hydrogen) atoms. The first-order chi connectivity index (χ1) is 15.0. The highest BCUT2D eigenvalue weighted by molar-refractivity contribution is 7.99. The molecule has 1 aliphatic rings. The van der Waals surface area contributed by atoms with Crippen LogP contribution in [-0.2, 0) is 4.79 Å². The van der Waals surface area contributed by atoms with Crippen molar-refractivity contribution < 1.29 is 9.53 Å². The average molecular weight is 438 g/mol. The zero-order chi connectivity index (χ0) is 21.8. The largest absolute Gasteiger partial charge is 0.497 e. The number of ether oxygens (including phenoxy) is 1. The molecule has 8 heteroatoms. The summed E-state index contributed by atoms with van der Waals surface area (Å²) in [6.07, 6.45) is 0. The van der Waals surface area contributed by atoms with Crippen molar-refractivity contribution in [2.75, 3.05) is 46.1 Å². The fraction of sp³-hybridized carbons (Fsp3) is 0.348. The molecule has 0 spiro atoms. The minimum absolute atomic E-state index is 0.141. The van der Waals surface area contributed by atoms with E-state index in [1.54, 1.807) is 7.11 Å². The summed E-state index contributed by atoms with van der Waals surface area (Å²) in [6.45, 7) is 5.44. The quantitative estimate of drug-likeness (QED) is 0.552. The van der Waals surface area contributed by atoms with Gasteiger partial charge in [-0.25, -0.2) is 0 Å². The van der Waals surface area contributed by atoms with E-state index in [4.69, 9.17) is 4.74 Å². The maximum atomic E-state index is 12.7. The third-order valence-corrected chi connectivity index (χ3v) is 6.37. The first-order valence-electron chi connectivity index (χ1n) is 10.3. The fourth-order valence-corrected chi connectivity index (χ4v) is 4.35. The Morgan fingerprint density at radius 3 is 2.32 bits per heavy atom. The number of piperazine rings is 1. The average Bonchev–Trinajstić information content (AvgIpc) is 3.22. The number of hydrogen-bond acceptors (Lipinski definition) is 6. The number of carbonyl (C=O) groups excluding carboxylic acids is 1. The molecule has 162 valence electrons. The third kappa shape index (κ3) is 4.91. The predicted molar refractivity (Wildman–Crippen MR) is 123 cm³/mol. The molecule has 0 unspecified atom stereocenters. The molecule has 2 aromatic carbocycles. The van der Waals surface area contributed by atoms with Crippen molar-refractivity contribution in [1.29, 1.82) is 0 Å². The number of rotatable bonds is 6. The lowest BCUT2D eigenvalue weighted by Gasteiger charge is -2.32. The van der Waals surface area contributed by atoms with Gasteiger partial charge in [-0.3, -0.25) is 9.36 Å². The topological polar surface area (TPSA) is 63.5 Å². The number of carbonyl (C=O) groups is 1. The van der Waals surface area contributed by atoms with E-state index in [-0.39, 0.29) is 5.91 Å². The SMILES string of the molecule is COc1ccc(-c2nnc(SCC(=O)N3CCN(C)CC3)n2-c2ccc(C)cc2)cc1. The van der Waals surface area contributed by atoms with E-state index in [2.05, 4.69) is 53.3 Å². The molecule has 0 saturated carbocycles. The molecule has 0 radical (unpaired) electrons. The number of hydrogen-bond donors (Lipinski definition) is 0. The summed E-state index contributed by atoms with van der Waals surface area (Å²) in [5.41, 5.74) is 3.09. The van der Waals surface area contributed by atoms with Crippen molar-refractivity contribution in [3.05, 3.63) is 54.1 Å². The molecule has 0 bridgehead atoms.